The lowest BCUT2D eigenvalue weighted by Gasteiger charge is -2.06. The second-order valence-electron chi connectivity index (χ2n) is 2.66. The Bertz CT molecular complexity index is 313. The molecule has 0 spiro atoms. The Labute approximate surface area is 99.3 Å². The van der Waals surface area contributed by atoms with Crippen LogP contribution in [0.4, 0.5) is 0 Å². The van der Waals surface area contributed by atoms with Crippen LogP contribution < -0.4 is 10.6 Å². The molecule has 0 aliphatic heterocycles. The van der Waals surface area contributed by atoms with Crippen LogP contribution in [0.1, 0.15) is 0 Å². The lowest BCUT2D eigenvalue weighted by molar-refractivity contribution is -0.119. The van der Waals surface area contributed by atoms with Crippen molar-refractivity contribution in [3.63, 3.8) is 0 Å². The van der Waals surface area contributed by atoms with Gasteiger partial charge in [0.05, 0.1) is 6.54 Å². The lowest BCUT2D eigenvalue weighted by atomic mass is 10.4. The third-order valence-corrected chi connectivity index (χ3v) is 1.62. The molecule has 2 amide bonds. The molecule has 6 heteroatoms. The number of hydrogen-bond acceptors (Lipinski definition) is 3. The highest BCUT2D eigenvalue weighted by atomic mass is 35.5. The van der Waals surface area contributed by atoms with Crippen molar-refractivity contribution in [2.45, 2.75) is 0 Å². The number of nitrogens with one attached hydrogen (secondary N) is 2. The Hall–Kier alpha value is -1.62. The van der Waals surface area contributed by atoms with E-state index in [1.807, 2.05) is 0 Å². The molecule has 0 heterocycles. The number of alkyl halides is 1. The third kappa shape index (κ3) is 5.98. The van der Waals surface area contributed by atoms with Crippen LogP contribution in [0.25, 0.3) is 0 Å². The lowest BCUT2D eigenvalue weighted by Crippen LogP contribution is -2.43. The van der Waals surface area contributed by atoms with Crippen molar-refractivity contribution in [3.8, 4) is 0 Å². The summed E-state index contributed by atoms with van der Waals surface area (Å²) in [5, 5.41) is 4.79. The first-order valence-electron chi connectivity index (χ1n) is 4.56. The summed E-state index contributed by atoms with van der Waals surface area (Å²) in [7, 11) is 0. The van der Waals surface area contributed by atoms with E-state index >= 15 is 0 Å². The SMILES string of the molecule is C=CCN=C(NC(=O)CCl)C(=O)NCC=C. The van der Waals surface area contributed by atoms with Crippen LogP contribution in [0.5, 0.6) is 0 Å². The average molecular weight is 244 g/mol. The maximum absolute atomic E-state index is 11.5. The highest BCUT2D eigenvalue weighted by Gasteiger charge is 2.12. The van der Waals surface area contributed by atoms with Gasteiger partial charge in [0.25, 0.3) is 5.91 Å². The third-order valence-electron chi connectivity index (χ3n) is 1.38. The molecule has 0 aliphatic carbocycles. The molecular weight excluding hydrogens is 230 g/mol. The first-order chi connectivity index (χ1) is 7.65. The summed E-state index contributed by atoms with van der Waals surface area (Å²) in [6, 6.07) is 0. The number of amidine groups is 1. The van der Waals surface area contributed by atoms with Gasteiger partial charge in [0.1, 0.15) is 5.88 Å². The Morgan fingerprint density at radius 3 is 2.50 bits per heavy atom. The molecule has 0 unspecified atom stereocenters. The second-order valence-corrected chi connectivity index (χ2v) is 2.93. The maximum atomic E-state index is 11.5. The molecule has 0 aromatic carbocycles. The Morgan fingerprint density at radius 2 is 2.00 bits per heavy atom. The minimum atomic E-state index is -0.488. The predicted octanol–water partition coefficient (Wildman–Crippen LogP) is 0.228. The van der Waals surface area contributed by atoms with Gasteiger partial charge in [0.15, 0.2) is 5.84 Å². The molecule has 5 nitrogen and oxygen atoms in total. The zero-order valence-corrected chi connectivity index (χ0v) is 9.59. The molecule has 0 saturated carbocycles. The zero-order chi connectivity index (χ0) is 12.4. The summed E-state index contributed by atoms with van der Waals surface area (Å²) in [5.74, 6) is -1.28. The van der Waals surface area contributed by atoms with E-state index in [4.69, 9.17) is 11.6 Å². The summed E-state index contributed by atoms with van der Waals surface area (Å²) in [6.45, 7) is 7.44. The molecule has 16 heavy (non-hydrogen) atoms. The molecule has 0 saturated heterocycles. The van der Waals surface area contributed by atoms with Gasteiger partial charge >= 0.3 is 0 Å². The number of hydrogen-bond donors (Lipinski definition) is 2. The summed E-state index contributed by atoms with van der Waals surface area (Å²) in [5.41, 5.74) is 0. The van der Waals surface area contributed by atoms with E-state index in [0.717, 1.165) is 0 Å². The van der Waals surface area contributed by atoms with E-state index in [1.54, 1.807) is 0 Å². The minimum Gasteiger partial charge on any atom is -0.346 e. The predicted molar refractivity (Wildman–Crippen MR) is 64.6 cm³/mol. The molecule has 0 aromatic heterocycles. The van der Waals surface area contributed by atoms with Crippen LogP contribution >= 0.6 is 11.6 Å². The maximum Gasteiger partial charge on any atom is 0.287 e. The number of carbonyl (C=O) groups is 2. The number of halogens is 1. The van der Waals surface area contributed by atoms with Crippen molar-refractivity contribution in [1.82, 2.24) is 10.6 Å². The molecular formula is C10H14ClN3O2. The van der Waals surface area contributed by atoms with Crippen LogP contribution in [0.3, 0.4) is 0 Å². The zero-order valence-electron chi connectivity index (χ0n) is 8.83. The fourth-order valence-corrected chi connectivity index (χ4v) is 0.805. The van der Waals surface area contributed by atoms with Crippen LogP contribution in [0, 0.1) is 0 Å². The topological polar surface area (TPSA) is 70.6 Å². The van der Waals surface area contributed by atoms with Gasteiger partial charge in [0, 0.05) is 6.54 Å². The van der Waals surface area contributed by atoms with Crippen molar-refractivity contribution in [2.75, 3.05) is 19.0 Å². The van der Waals surface area contributed by atoms with E-state index in [2.05, 4.69) is 28.8 Å². The molecule has 0 aliphatic rings. The van der Waals surface area contributed by atoms with Crippen molar-refractivity contribution in [3.05, 3.63) is 25.3 Å². The van der Waals surface area contributed by atoms with Crippen molar-refractivity contribution in [2.24, 2.45) is 4.99 Å². The minimum absolute atomic E-state index is 0.0765. The number of amides is 2. The summed E-state index contributed by atoms with van der Waals surface area (Å²) >= 11 is 5.30. The van der Waals surface area contributed by atoms with Gasteiger partial charge in [-0.3, -0.25) is 14.6 Å². The average Bonchev–Trinajstić information content (AvgIpc) is 2.30. The van der Waals surface area contributed by atoms with Gasteiger partial charge in [-0.25, -0.2) is 0 Å². The van der Waals surface area contributed by atoms with E-state index in [1.165, 1.54) is 12.2 Å². The first kappa shape index (κ1) is 14.4. The van der Waals surface area contributed by atoms with E-state index < -0.39 is 11.8 Å². The second kappa shape index (κ2) is 8.67. The van der Waals surface area contributed by atoms with Gasteiger partial charge in [0.2, 0.25) is 5.91 Å². The number of carbonyl (C=O) groups excluding carboxylic acids is 2. The van der Waals surface area contributed by atoms with E-state index in [0.29, 0.717) is 6.54 Å². The van der Waals surface area contributed by atoms with Gasteiger partial charge in [-0.1, -0.05) is 12.2 Å². The van der Waals surface area contributed by atoms with Crippen LogP contribution in [0.15, 0.2) is 30.3 Å². The standard InChI is InChI=1S/C10H14ClN3O2/c1-3-5-12-9(14-8(15)7-11)10(16)13-6-4-2/h3-4H,1-2,5-7H2,(H,13,16)(H,12,14,15). The normalized spacial score (nSPS) is 10.4. The number of rotatable bonds is 5. The van der Waals surface area contributed by atoms with Gasteiger partial charge in [-0.05, 0) is 0 Å². The Morgan fingerprint density at radius 1 is 1.31 bits per heavy atom. The summed E-state index contributed by atoms with van der Waals surface area (Å²) < 4.78 is 0. The quantitative estimate of drug-likeness (QED) is 0.314. The highest BCUT2D eigenvalue weighted by molar-refractivity contribution is 6.42. The highest BCUT2D eigenvalue weighted by Crippen LogP contribution is 1.82. The molecule has 0 aromatic rings. The van der Waals surface area contributed by atoms with Crippen molar-refractivity contribution in [1.29, 1.82) is 0 Å². The summed E-state index contributed by atoms with van der Waals surface area (Å²) in [4.78, 5) is 26.3. The monoisotopic (exact) mass is 243 g/mol. The smallest absolute Gasteiger partial charge is 0.287 e. The van der Waals surface area contributed by atoms with Gasteiger partial charge in [-0.15, -0.1) is 24.8 Å². The largest absolute Gasteiger partial charge is 0.346 e. The molecule has 0 radical (unpaired) electrons. The van der Waals surface area contributed by atoms with E-state index in [9.17, 15) is 9.59 Å². The van der Waals surface area contributed by atoms with Crippen LogP contribution in [-0.4, -0.2) is 36.6 Å². The van der Waals surface area contributed by atoms with Crippen LogP contribution in [-0.2, 0) is 9.59 Å². The molecule has 0 fully saturated rings. The van der Waals surface area contributed by atoms with Gasteiger partial charge in [-0.2, -0.15) is 0 Å². The fourth-order valence-electron chi connectivity index (χ4n) is 0.738. The van der Waals surface area contributed by atoms with Crippen molar-refractivity contribution >= 4 is 29.3 Å². The fraction of sp³-hybridized carbons (Fsp3) is 0.300. The Kier molecular flexibility index (Phi) is 7.79. The molecule has 88 valence electrons. The van der Waals surface area contributed by atoms with Gasteiger partial charge < -0.3 is 10.6 Å². The summed E-state index contributed by atoms with van der Waals surface area (Å²) in [6.07, 6.45) is 3.03. The number of nitrogens with zero attached hydrogens (tertiary/aromatic N) is 1. The molecule has 0 bridgehead atoms. The molecule has 0 rings (SSSR count). The molecule has 2 N–H and O–H groups in total. The van der Waals surface area contributed by atoms with E-state index in [-0.39, 0.29) is 18.3 Å². The van der Waals surface area contributed by atoms with Crippen molar-refractivity contribution < 1.29 is 9.59 Å². The number of aliphatic imine (C=N–C) groups is 1. The Balaban J connectivity index is 4.52. The molecule has 0 atom stereocenters. The first-order valence-corrected chi connectivity index (χ1v) is 5.09. The van der Waals surface area contributed by atoms with Crippen LogP contribution in [0.2, 0.25) is 0 Å².